The Hall–Kier alpha value is -1.22. The molecule has 0 aromatic heterocycles. The number of rotatable bonds is 5. The number of benzene rings is 1. The van der Waals surface area contributed by atoms with Crippen molar-refractivity contribution in [3.63, 3.8) is 0 Å². The molecule has 1 aromatic carbocycles. The van der Waals surface area contributed by atoms with E-state index in [1.807, 2.05) is 0 Å². The molecule has 0 saturated carbocycles. The summed E-state index contributed by atoms with van der Waals surface area (Å²) in [6, 6.07) is 7.19. The molecule has 3 heteroatoms. The normalized spacial score (nSPS) is 16.7. The Labute approximate surface area is 116 Å². The maximum atomic E-state index is 5.32. The number of hydrogen-bond acceptors (Lipinski definition) is 3. The zero-order valence-corrected chi connectivity index (χ0v) is 12.4. The van der Waals surface area contributed by atoms with Crippen LogP contribution in [0, 0.1) is 6.92 Å². The predicted octanol–water partition coefficient (Wildman–Crippen LogP) is 2.97. The predicted molar refractivity (Wildman–Crippen MR) is 81.3 cm³/mol. The van der Waals surface area contributed by atoms with Crippen LogP contribution in [0.3, 0.4) is 0 Å². The number of methoxy groups -OCH3 is 1. The van der Waals surface area contributed by atoms with E-state index < -0.39 is 0 Å². The summed E-state index contributed by atoms with van der Waals surface area (Å²) in [6.07, 6.45) is 3.70. The summed E-state index contributed by atoms with van der Waals surface area (Å²) in [5.41, 5.74) is 2.54. The lowest BCUT2D eigenvalue weighted by atomic mass is 10.0. The Bertz CT molecular complexity index is 398. The average molecular weight is 262 g/mol. The first-order valence-electron chi connectivity index (χ1n) is 7.37. The Morgan fingerprint density at radius 3 is 2.63 bits per heavy atom. The maximum Gasteiger partial charge on any atom is 0.121 e. The standard InChI is InChI=1S/C16H26N2O/c1-4-9-17-14-7-10-18(11-8-14)15-5-6-16(19-3)13(2)12-15/h5-6,12,14,17H,4,7-11H2,1-3H3. The Balaban J connectivity index is 1.92. The molecule has 1 fully saturated rings. The lowest BCUT2D eigenvalue weighted by molar-refractivity contribution is 0.410. The van der Waals surface area contributed by atoms with Crippen molar-refractivity contribution in [1.29, 1.82) is 0 Å². The topological polar surface area (TPSA) is 24.5 Å². The summed E-state index contributed by atoms with van der Waals surface area (Å²) in [5.74, 6) is 0.975. The van der Waals surface area contributed by atoms with E-state index >= 15 is 0 Å². The van der Waals surface area contributed by atoms with Crippen molar-refractivity contribution in [1.82, 2.24) is 5.32 Å². The van der Waals surface area contributed by atoms with Crippen LogP contribution in [0.15, 0.2) is 18.2 Å². The van der Waals surface area contributed by atoms with Crippen molar-refractivity contribution >= 4 is 5.69 Å². The van der Waals surface area contributed by atoms with E-state index in [4.69, 9.17) is 4.74 Å². The summed E-state index contributed by atoms with van der Waals surface area (Å²) in [5, 5.41) is 3.63. The molecule has 0 bridgehead atoms. The molecular weight excluding hydrogens is 236 g/mol. The van der Waals surface area contributed by atoms with Crippen molar-refractivity contribution < 1.29 is 4.74 Å². The number of hydrogen-bond donors (Lipinski definition) is 1. The molecule has 0 radical (unpaired) electrons. The third-order valence-electron chi connectivity index (χ3n) is 3.92. The highest BCUT2D eigenvalue weighted by Crippen LogP contribution is 2.26. The van der Waals surface area contributed by atoms with Crippen LogP contribution in [0.25, 0.3) is 0 Å². The summed E-state index contributed by atoms with van der Waals surface area (Å²) in [7, 11) is 1.73. The minimum absolute atomic E-state index is 0.704. The minimum Gasteiger partial charge on any atom is -0.496 e. The quantitative estimate of drug-likeness (QED) is 0.883. The van der Waals surface area contributed by atoms with Crippen molar-refractivity contribution in [2.75, 3.05) is 31.6 Å². The van der Waals surface area contributed by atoms with Crippen molar-refractivity contribution in [2.24, 2.45) is 0 Å². The van der Waals surface area contributed by atoms with Gasteiger partial charge in [-0.2, -0.15) is 0 Å². The zero-order chi connectivity index (χ0) is 13.7. The number of ether oxygens (including phenoxy) is 1. The lowest BCUT2D eigenvalue weighted by Crippen LogP contribution is -2.42. The number of aryl methyl sites for hydroxylation is 1. The fourth-order valence-corrected chi connectivity index (χ4v) is 2.75. The molecule has 0 amide bonds. The fourth-order valence-electron chi connectivity index (χ4n) is 2.75. The number of piperidine rings is 1. The highest BCUT2D eigenvalue weighted by atomic mass is 16.5. The molecule has 106 valence electrons. The van der Waals surface area contributed by atoms with E-state index in [0.29, 0.717) is 6.04 Å². The second-order valence-electron chi connectivity index (χ2n) is 5.37. The summed E-state index contributed by atoms with van der Waals surface area (Å²) < 4.78 is 5.32. The Kier molecular flexibility index (Phi) is 5.08. The molecule has 0 atom stereocenters. The van der Waals surface area contributed by atoms with Gasteiger partial charge in [-0.1, -0.05) is 6.92 Å². The third kappa shape index (κ3) is 3.63. The molecule has 1 aliphatic rings. The molecule has 1 aromatic rings. The Morgan fingerprint density at radius 2 is 2.05 bits per heavy atom. The molecule has 0 spiro atoms. The first-order chi connectivity index (χ1) is 9.24. The first-order valence-corrected chi connectivity index (χ1v) is 7.37. The lowest BCUT2D eigenvalue weighted by Gasteiger charge is -2.34. The van der Waals surface area contributed by atoms with E-state index in [-0.39, 0.29) is 0 Å². The largest absolute Gasteiger partial charge is 0.496 e. The van der Waals surface area contributed by atoms with Gasteiger partial charge in [-0.15, -0.1) is 0 Å². The van der Waals surface area contributed by atoms with Crippen LogP contribution in [-0.2, 0) is 0 Å². The molecule has 2 rings (SSSR count). The number of anilines is 1. The van der Waals surface area contributed by atoms with Gasteiger partial charge in [0.1, 0.15) is 5.75 Å². The van der Waals surface area contributed by atoms with E-state index in [2.05, 4.69) is 42.3 Å². The van der Waals surface area contributed by atoms with Crippen LogP contribution in [0.5, 0.6) is 5.75 Å². The number of nitrogens with zero attached hydrogens (tertiary/aromatic N) is 1. The second-order valence-corrected chi connectivity index (χ2v) is 5.37. The van der Waals surface area contributed by atoms with Gasteiger partial charge < -0.3 is 15.0 Å². The van der Waals surface area contributed by atoms with Gasteiger partial charge in [0.15, 0.2) is 0 Å². The third-order valence-corrected chi connectivity index (χ3v) is 3.92. The summed E-state index contributed by atoms with van der Waals surface area (Å²) in [4.78, 5) is 2.48. The van der Waals surface area contributed by atoms with Crippen molar-refractivity contribution in [2.45, 2.75) is 39.2 Å². The first kappa shape index (κ1) is 14.2. The van der Waals surface area contributed by atoms with Gasteiger partial charge in [0.25, 0.3) is 0 Å². The molecule has 0 aliphatic carbocycles. The molecule has 1 N–H and O–H groups in total. The smallest absolute Gasteiger partial charge is 0.121 e. The average Bonchev–Trinajstić information content (AvgIpc) is 2.45. The SMILES string of the molecule is CCCNC1CCN(c2ccc(OC)c(C)c2)CC1. The zero-order valence-electron chi connectivity index (χ0n) is 12.4. The highest BCUT2D eigenvalue weighted by Gasteiger charge is 2.19. The van der Waals surface area contributed by atoms with Gasteiger partial charge in [-0.3, -0.25) is 0 Å². The monoisotopic (exact) mass is 262 g/mol. The minimum atomic E-state index is 0.704. The maximum absolute atomic E-state index is 5.32. The van der Waals surface area contributed by atoms with E-state index in [1.54, 1.807) is 7.11 Å². The molecular formula is C16H26N2O. The molecule has 1 saturated heterocycles. The van der Waals surface area contributed by atoms with Crippen molar-refractivity contribution in [3.8, 4) is 5.75 Å². The van der Waals surface area contributed by atoms with Gasteiger partial charge in [0, 0.05) is 24.8 Å². The number of nitrogens with one attached hydrogen (secondary N) is 1. The van der Waals surface area contributed by atoms with Crippen LogP contribution in [0.2, 0.25) is 0 Å². The van der Waals surface area contributed by atoms with Gasteiger partial charge in [0.2, 0.25) is 0 Å². The Morgan fingerprint density at radius 1 is 1.32 bits per heavy atom. The van der Waals surface area contributed by atoms with Crippen LogP contribution in [0.4, 0.5) is 5.69 Å². The molecule has 1 heterocycles. The van der Waals surface area contributed by atoms with Crippen LogP contribution >= 0.6 is 0 Å². The highest BCUT2D eigenvalue weighted by molar-refractivity contribution is 5.53. The van der Waals surface area contributed by atoms with Gasteiger partial charge in [0.05, 0.1) is 7.11 Å². The van der Waals surface area contributed by atoms with E-state index in [0.717, 1.165) is 25.4 Å². The molecule has 3 nitrogen and oxygen atoms in total. The van der Waals surface area contributed by atoms with Gasteiger partial charge in [-0.05, 0) is 56.5 Å². The second kappa shape index (κ2) is 6.80. The van der Waals surface area contributed by atoms with Gasteiger partial charge >= 0.3 is 0 Å². The fraction of sp³-hybridized carbons (Fsp3) is 0.625. The van der Waals surface area contributed by atoms with E-state index in [1.165, 1.54) is 30.5 Å². The van der Waals surface area contributed by atoms with Crippen LogP contribution in [-0.4, -0.2) is 32.8 Å². The molecule has 0 unspecified atom stereocenters. The van der Waals surface area contributed by atoms with Crippen LogP contribution in [0.1, 0.15) is 31.7 Å². The van der Waals surface area contributed by atoms with Gasteiger partial charge in [-0.25, -0.2) is 0 Å². The molecule has 19 heavy (non-hydrogen) atoms. The summed E-state index contributed by atoms with van der Waals surface area (Å²) in [6.45, 7) is 7.77. The van der Waals surface area contributed by atoms with E-state index in [9.17, 15) is 0 Å². The van der Waals surface area contributed by atoms with Crippen molar-refractivity contribution in [3.05, 3.63) is 23.8 Å². The van der Waals surface area contributed by atoms with Crippen LogP contribution < -0.4 is 15.0 Å². The summed E-state index contributed by atoms with van der Waals surface area (Å²) >= 11 is 0. The molecule has 1 aliphatic heterocycles.